The fraction of sp³-hybridized carbons (Fsp3) is 0.682. The smallest absolute Gasteiger partial charge is 0.408 e. The summed E-state index contributed by atoms with van der Waals surface area (Å²) in [5, 5.41) is 5.26. The summed E-state index contributed by atoms with van der Waals surface area (Å²) in [6.45, 7) is 11.0. The maximum Gasteiger partial charge on any atom is 0.408 e. The largest absolute Gasteiger partial charge is 0.444 e. The molecular weight excluding hydrogens is 392 g/mol. The van der Waals surface area contributed by atoms with Gasteiger partial charge in [-0.2, -0.15) is 0 Å². The van der Waals surface area contributed by atoms with Gasteiger partial charge in [-0.3, -0.25) is 4.79 Å². The molecule has 1 saturated carbocycles. The number of aromatic nitrogens is 1. The predicted octanol–water partition coefficient (Wildman–Crippen LogP) is 5.46. The zero-order valence-corrected chi connectivity index (χ0v) is 18.9. The third-order valence-electron chi connectivity index (χ3n) is 4.58. The molecule has 0 aliphatic heterocycles. The average molecular weight is 428 g/mol. The van der Waals surface area contributed by atoms with Crippen LogP contribution in [0.4, 0.5) is 19.4 Å². The van der Waals surface area contributed by atoms with Crippen LogP contribution in [-0.2, 0) is 9.53 Å². The van der Waals surface area contributed by atoms with E-state index in [2.05, 4.69) is 15.6 Å². The number of amides is 2. The van der Waals surface area contributed by atoms with Crippen LogP contribution in [-0.4, -0.2) is 34.5 Å². The van der Waals surface area contributed by atoms with Crippen molar-refractivity contribution in [2.75, 3.05) is 5.32 Å². The lowest BCUT2D eigenvalue weighted by atomic mass is 9.83. The Bertz CT molecular complexity index is 678. The topological polar surface area (TPSA) is 80.3 Å². The van der Waals surface area contributed by atoms with Gasteiger partial charge in [0.1, 0.15) is 17.5 Å². The molecule has 1 heterocycles. The van der Waals surface area contributed by atoms with Crippen molar-refractivity contribution in [2.45, 2.75) is 91.2 Å². The van der Waals surface area contributed by atoms with Gasteiger partial charge in [0.05, 0.1) is 0 Å². The molecule has 2 amide bonds. The van der Waals surface area contributed by atoms with Crippen LogP contribution in [0.25, 0.3) is 0 Å². The van der Waals surface area contributed by atoms with Crippen LogP contribution in [0.2, 0.25) is 0 Å². The molecule has 1 fully saturated rings. The maximum absolute atomic E-state index is 13.4. The Hall–Kier alpha value is -2.25. The van der Waals surface area contributed by atoms with Crippen LogP contribution in [0, 0.1) is 12.8 Å². The summed E-state index contributed by atoms with van der Waals surface area (Å²) in [5.41, 5.74) is 0.237. The summed E-state index contributed by atoms with van der Waals surface area (Å²) < 4.78 is 32.1. The number of nitrogens with one attached hydrogen (secondary N) is 2. The fourth-order valence-electron chi connectivity index (χ4n) is 3.11. The number of carbonyl (C=O) groups is 2. The van der Waals surface area contributed by atoms with Gasteiger partial charge in [-0.25, -0.2) is 18.6 Å². The Morgan fingerprint density at radius 1 is 1.23 bits per heavy atom. The van der Waals surface area contributed by atoms with Crippen LogP contribution < -0.4 is 10.6 Å². The predicted molar refractivity (Wildman–Crippen MR) is 114 cm³/mol. The minimum Gasteiger partial charge on any atom is -0.444 e. The molecular formula is C22H35F2N3O3. The standard InChI is InChI=1S/C20H29F2N3O3.C2H6/c1-13-5-6-16(23-12-13)25-17(26)15(24-18(27)28-19(2,3)4)11-14-7-9-20(21,22)10-8-14;1-2/h5-6,12,14-15H,7-11H2,1-4H3,(H,24,27)(H,23,25,26);1-2H3. The summed E-state index contributed by atoms with van der Waals surface area (Å²) in [6.07, 6.45) is 1.41. The van der Waals surface area contributed by atoms with E-state index < -0.39 is 29.6 Å². The molecule has 1 aliphatic carbocycles. The Balaban J connectivity index is 0.00000218. The van der Waals surface area contributed by atoms with Gasteiger partial charge in [-0.05, 0) is 64.5 Å². The lowest BCUT2D eigenvalue weighted by Gasteiger charge is -2.31. The van der Waals surface area contributed by atoms with E-state index in [9.17, 15) is 18.4 Å². The number of rotatable bonds is 5. The van der Waals surface area contributed by atoms with Crippen LogP contribution in [0.15, 0.2) is 18.3 Å². The van der Waals surface area contributed by atoms with Crippen LogP contribution >= 0.6 is 0 Å². The van der Waals surface area contributed by atoms with E-state index in [0.29, 0.717) is 18.7 Å². The Morgan fingerprint density at radius 2 is 1.83 bits per heavy atom. The van der Waals surface area contributed by atoms with Crippen molar-refractivity contribution in [2.24, 2.45) is 5.92 Å². The van der Waals surface area contributed by atoms with E-state index in [1.165, 1.54) is 0 Å². The number of nitrogens with zero attached hydrogens (tertiary/aromatic N) is 1. The highest BCUT2D eigenvalue weighted by atomic mass is 19.3. The molecule has 30 heavy (non-hydrogen) atoms. The molecule has 0 bridgehead atoms. The van der Waals surface area contributed by atoms with Crippen LogP contribution in [0.5, 0.6) is 0 Å². The van der Waals surface area contributed by atoms with Gasteiger partial charge in [-0.1, -0.05) is 19.9 Å². The monoisotopic (exact) mass is 427 g/mol. The second-order valence-electron chi connectivity index (χ2n) is 8.44. The van der Waals surface area contributed by atoms with E-state index in [1.54, 1.807) is 33.0 Å². The minimum absolute atomic E-state index is 0.0729. The number of alkyl halides is 2. The summed E-state index contributed by atoms with van der Waals surface area (Å²) in [7, 11) is 0. The van der Waals surface area contributed by atoms with Gasteiger partial charge in [0.25, 0.3) is 0 Å². The van der Waals surface area contributed by atoms with Crippen molar-refractivity contribution >= 4 is 17.8 Å². The van der Waals surface area contributed by atoms with Crippen molar-refractivity contribution in [3.05, 3.63) is 23.9 Å². The van der Waals surface area contributed by atoms with Gasteiger partial charge >= 0.3 is 6.09 Å². The zero-order valence-electron chi connectivity index (χ0n) is 18.9. The fourth-order valence-corrected chi connectivity index (χ4v) is 3.11. The number of ether oxygens (including phenoxy) is 1. The van der Waals surface area contributed by atoms with Gasteiger partial charge < -0.3 is 15.4 Å². The number of carbonyl (C=O) groups excluding carboxylic acids is 2. The number of anilines is 1. The summed E-state index contributed by atoms with van der Waals surface area (Å²) in [5.74, 6) is -2.80. The molecule has 1 aromatic rings. The molecule has 0 saturated heterocycles. The number of pyridine rings is 1. The normalized spacial score (nSPS) is 17.2. The molecule has 8 heteroatoms. The second-order valence-corrected chi connectivity index (χ2v) is 8.44. The van der Waals surface area contributed by atoms with Crippen molar-refractivity contribution in [1.29, 1.82) is 0 Å². The molecule has 1 aliphatic rings. The summed E-state index contributed by atoms with van der Waals surface area (Å²) >= 11 is 0. The quantitative estimate of drug-likeness (QED) is 0.653. The van der Waals surface area contributed by atoms with Crippen molar-refractivity contribution < 1.29 is 23.1 Å². The second kappa shape index (κ2) is 11.2. The third-order valence-corrected chi connectivity index (χ3v) is 4.58. The number of alkyl carbamates (subject to hydrolysis) is 1. The molecule has 1 unspecified atom stereocenters. The highest BCUT2D eigenvalue weighted by molar-refractivity contribution is 5.95. The first-order chi connectivity index (χ1) is 13.9. The molecule has 1 aromatic heterocycles. The number of halogens is 2. The van der Waals surface area contributed by atoms with E-state index in [-0.39, 0.29) is 25.2 Å². The Labute approximate surface area is 178 Å². The first-order valence-electron chi connectivity index (χ1n) is 10.5. The maximum atomic E-state index is 13.4. The van der Waals surface area contributed by atoms with Gasteiger partial charge in [0.15, 0.2) is 0 Å². The highest BCUT2D eigenvalue weighted by Gasteiger charge is 2.37. The first-order valence-corrected chi connectivity index (χ1v) is 10.5. The van der Waals surface area contributed by atoms with E-state index >= 15 is 0 Å². The van der Waals surface area contributed by atoms with E-state index in [4.69, 9.17) is 4.74 Å². The van der Waals surface area contributed by atoms with Crippen LogP contribution in [0.3, 0.4) is 0 Å². The lowest BCUT2D eigenvalue weighted by Crippen LogP contribution is -2.47. The molecule has 2 N–H and O–H groups in total. The molecule has 0 spiro atoms. The average Bonchev–Trinajstić information content (AvgIpc) is 2.64. The summed E-state index contributed by atoms with van der Waals surface area (Å²) in [4.78, 5) is 29.0. The van der Waals surface area contributed by atoms with E-state index in [0.717, 1.165) is 5.56 Å². The molecule has 2 rings (SSSR count). The molecule has 170 valence electrons. The van der Waals surface area contributed by atoms with Crippen LogP contribution in [0.1, 0.15) is 72.3 Å². The van der Waals surface area contributed by atoms with Crippen molar-refractivity contribution in [3.63, 3.8) is 0 Å². The van der Waals surface area contributed by atoms with Crippen molar-refractivity contribution in [1.82, 2.24) is 10.3 Å². The lowest BCUT2D eigenvalue weighted by molar-refractivity contribution is -0.119. The third kappa shape index (κ3) is 9.50. The number of aryl methyl sites for hydroxylation is 1. The van der Waals surface area contributed by atoms with Gasteiger partial charge in [0.2, 0.25) is 11.8 Å². The first kappa shape index (κ1) is 25.8. The molecule has 0 radical (unpaired) electrons. The van der Waals surface area contributed by atoms with Gasteiger partial charge in [0, 0.05) is 19.0 Å². The number of hydrogen-bond acceptors (Lipinski definition) is 4. The zero-order chi connectivity index (χ0) is 22.9. The SMILES string of the molecule is CC.Cc1ccc(NC(=O)C(CC2CCC(F)(F)CC2)NC(=O)OC(C)(C)C)nc1. The molecule has 1 atom stereocenters. The Kier molecular flexibility index (Phi) is 9.65. The van der Waals surface area contributed by atoms with E-state index in [1.807, 2.05) is 26.8 Å². The van der Waals surface area contributed by atoms with Gasteiger partial charge in [-0.15, -0.1) is 0 Å². The number of hydrogen-bond donors (Lipinski definition) is 2. The minimum atomic E-state index is -2.64. The highest BCUT2D eigenvalue weighted by Crippen LogP contribution is 2.37. The van der Waals surface area contributed by atoms with Crippen molar-refractivity contribution in [3.8, 4) is 0 Å². The molecule has 6 nitrogen and oxygen atoms in total. The molecule has 0 aromatic carbocycles. The Morgan fingerprint density at radius 3 is 2.33 bits per heavy atom. The summed E-state index contributed by atoms with van der Waals surface area (Å²) in [6, 6.07) is 2.58.